The number of nitrogens with zero attached hydrogens (tertiary/aromatic N) is 1. The second-order valence-corrected chi connectivity index (χ2v) is 8.55. The summed E-state index contributed by atoms with van der Waals surface area (Å²) in [5.41, 5.74) is 0.396. The summed E-state index contributed by atoms with van der Waals surface area (Å²) in [5, 5.41) is 18.9. The Morgan fingerprint density at radius 1 is 1.09 bits per heavy atom. The molecule has 0 saturated carbocycles. The van der Waals surface area contributed by atoms with Gasteiger partial charge in [0.25, 0.3) is 10.0 Å². The molecule has 32 heavy (non-hydrogen) atoms. The molecule has 3 rings (SSSR count). The zero-order valence-electron chi connectivity index (χ0n) is 17.8. The number of phenols is 1. The predicted molar refractivity (Wildman–Crippen MR) is 118 cm³/mol. The van der Waals surface area contributed by atoms with Crippen LogP contribution in [0.5, 0.6) is 17.2 Å². The SMILES string of the molecule is CCOc1cc(N2CCOCC2)c(OCC)cc1NS(=O)(=O)c1ccc(O)c(C(=O)O)c1. The van der Waals surface area contributed by atoms with Crippen molar-refractivity contribution in [3.05, 3.63) is 35.9 Å². The lowest BCUT2D eigenvalue weighted by atomic mass is 10.2. The first-order valence-corrected chi connectivity index (χ1v) is 11.6. The van der Waals surface area contributed by atoms with Gasteiger partial charge in [-0.25, -0.2) is 13.2 Å². The first-order chi connectivity index (χ1) is 15.3. The highest BCUT2D eigenvalue weighted by molar-refractivity contribution is 7.92. The number of aromatic carboxylic acids is 1. The number of anilines is 2. The Hall–Kier alpha value is -3.18. The molecule has 0 amide bonds. The highest BCUT2D eigenvalue weighted by Gasteiger charge is 2.24. The van der Waals surface area contributed by atoms with Gasteiger partial charge in [0.2, 0.25) is 0 Å². The van der Waals surface area contributed by atoms with Crippen LogP contribution in [0.1, 0.15) is 24.2 Å². The second-order valence-electron chi connectivity index (χ2n) is 6.87. The van der Waals surface area contributed by atoms with Gasteiger partial charge in [-0.15, -0.1) is 0 Å². The maximum Gasteiger partial charge on any atom is 0.339 e. The quantitative estimate of drug-likeness (QED) is 0.509. The molecule has 1 fully saturated rings. The fraction of sp³-hybridized carbons (Fsp3) is 0.381. The van der Waals surface area contributed by atoms with Gasteiger partial charge in [0.15, 0.2) is 0 Å². The maximum atomic E-state index is 13.0. The Balaban J connectivity index is 2.03. The minimum atomic E-state index is -4.19. The van der Waals surface area contributed by atoms with Crippen LogP contribution in [-0.2, 0) is 14.8 Å². The zero-order valence-corrected chi connectivity index (χ0v) is 18.6. The first kappa shape index (κ1) is 23.5. The average Bonchev–Trinajstić information content (AvgIpc) is 2.76. The van der Waals surface area contributed by atoms with E-state index in [0.717, 1.165) is 23.9 Å². The molecule has 0 atom stereocenters. The monoisotopic (exact) mass is 466 g/mol. The van der Waals surface area contributed by atoms with Gasteiger partial charge in [-0.3, -0.25) is 4.72 Å². The van der Waals surface area contributed by atoms with Crippen molar-refractivity contribution in [2.75, 3.05) is 49.1 Å². The van der Waals surface area contributed by atoms with E-state index in [-0.39, 0.29) is 10.6 Å². The Morgan fingerprint density at radius 3 is 2.38 bits per heavy atom. The lowest BCUT2D eigenvalue weighted by molar-refractivity contribution is 0.0693. The smallest absolute Gasteiger partial charge is 0.339 e. The van der Waals surface area contributed by atoms with Crippen LogP contribution in [0.3, 0.4) is 0 Å². The normalized spacial score (nSPS) is 14.1. The lowest BCUT2D eigenvalue weighted by Gasteiger charge is -2.31. The molecule has 1 saturated heterocycles. The van der Waals surface area contributed by atoms with Crippen molar-refractivity contribution in [1.82, 2.24) is 0 Å². The van der Waals surface area contributed by atoms with Crippen molar-refractivity contribution in [2.45, 2.75) is 18.7 Å². The van der Waals surface area contributed by atoms with Crippen LogP contribution in [0.4, 0.5) is 11.4 Å². The van der Waals surface area contributed by atoms with Crippen molar-refractivity contribution in [2.24, 2.45) is 0 Å². The third kappa shape index (κ3) is 5.17. The van der Waals surface area contributed by atoms with Gasteiger partial charge in [0.1, 0.15) is 22.8 Å². The fourth-order valence-electron chi connectivity index (χ4n) is 3.28. The molecule has 1 heterocycles. The standard InChI is InChI=1S/C21H26N2O8S/c1-3-30-19-13-17(23-7-9-29-10-8-23)20(31-4-2)12-16(19)22-32(27,28)14-5-6-18(24)15(11-14)21(25)26/h5-6,11-13,22,24H,3-4,7-10H2,1-2H3,(H,25,26). The molecule has 3 N–H and O–H groups in total. The molecule has 2 aromatic carbocycles. The van der Waals surface area contributed by atoms with Crippen LogP contribution in [0.25, 0.3) is 0 Å². The van der Waals surface area contributed by atoms with Crippen molar-refractivity contribution in [1.29, 1.82) is 0 Å². The van der Waals surface area contributed by atoms with E-state index < -0.39 is 27.3 Å². The minimum absolute atomic E-state index is 0.150. The van der Waals surface area contributed by atoms with Crippen LogP contribution in [0.15, 0.2) is 35.2 Å². The molecule has 0 radical (unpaired) electrons. The van der Waals surface area contributed by atoms with Crippen LogP contribution in [-0.4, -0.2) is 64.1 Å². The molecule has 0 spiro atoms. The van der Waals surface area contributed by atoms with Crippen LogP contribution in [0.2, 0.25) is 0 Å². The third-order valence-electron chi connectivity index (χ3n) is 4.77. The van der Waals surface area contributed by atoms with E-state index in [0.29, 0.717) is 51.0 Å². The second kappa shape index (κ2) is 9.96. The molecule has 0 aromatic heterocycles. The summed E-state index contributed by atoms with van der Waals surface area (Å²) in [6.07, 6.45) is 0. The van der Waals surface area contributed by atoms with E-state index in [9.17, 15) is 23.4 Å². The Kier molecular flexibility index (Phi) is 7.31. The topological polar surface area (TPSA) is 135 Å². The van der Waals surface area contributed by atoms with Crippen molar-refractivity contribution < 1.29 is 37.6 Å². The molecular formula is C21H26N2O8S. The summed E-state index contributed by atoms with van der Waals surface area (Å²) in [6, 6.07) is 6.31. The maximum absolute atomic E-state index is 13.0. The molecule has 174 valence electrons. The number of carboxylic acid groups (broad SMARTS) is 1. The van der Waals surface area contributed by atoms with E-state index in [4.69, 9.17) is 14.2 Å². The van der Waals surface area contributed by atoms with E-state index in [1.165, 1.54) is 0 Å². The fourth-order valence-corrected chi connectivity index (χ4v) is 4.37. The Morgan fingerprint density at radius 2 is 1.75 bits per heavy atom. The highest BCUT2D eigenvalue weighted by Crippen LogP contribution is 2.40. The van der Waals surface area contributed by atoms with Crippen molar-refractivity contribution in [3.63, 3.8) is 0 Å². The van der Waals surface area contributed by atoms with Gasteiger partial charge in [-0.1, -0.05) is 0 Å². The van der Waals surface area contributed by atoms with E-state index >= 15 is 0 Å². The van der Waals surface area contributed by atoms with Crippen molar-refractivity contribution >= 4 is 27.4 Å². The van der Waals surface area contributed by atoms with E-state index in [1.807, 2.05) is 6.92 Å². The number of rotatable bonds is 9. The van der Waals surface area contributed by atoms with Gasteiger partial charge in [-0.2, -0.15) is 0 Å². The zero-order chi connectivity index (χ0) is 23.3. The predicted octanol–water partition coefficient (Wildman–Crippen LogP) is 2.53. The number of carboxylic acids is 1. The minimum Gasteiger partial charge on any atom is -0.507 e. The van der Waals surface area contributed by atoms with Crippen molar-refractivity contribution in [3.8, 4) is 17.2 Å². The van der Waals surface area contributed by atoms with Gasteiger partial charge in [0, 0.05) is 25.2 Å². The summed E-state index contributed by atoms with van der Waals surface area (Å²) >= 11 is 0. The summed E-state index contributed by atoms with van der Waals surface area (Å²) < 4.78 is 45.3. The van der Waals surface area contributed by atoms with E-state index in [1.54, 1.807) is 19.1 Å². The summed E-state index contributed by atoms with van der Waals surface area (Å²) in [4.78, 5) is 13.0. The molecule has 11 heteroatoms. The number of sulfonamides is 1. The molecule has 1 aliphatic rings. The lowest BCUT2D eigenvalue weighted by Crippen LogP contribution is -2.36. The van der Waals surface area contributed by atoms with Gasteiger partial charge in [-0.05, 0) is 32.0 Å². The largest absolute Gasteiger partial charge is 0.507 e. The average molecular weight is 467 g/mol. The number of hydrogen-bond acceptors (Lipinski definition) is 8. The molecular weight excluding hydrogens is 440 g/mol. The number of nitrogens with one attached hydrogen (secondary N) is 1. The van der Waals surface area contributed by atoms with Gasteiger partial charge in [0.05, 0.1) is 42.7 Å². The summed E-state index contributed by atoms with van der Waals surface area (Å²) in [7, 11) is -4.19. The summed E-state index contributed by atoms with van der Waals surface area (Å²) in [5.74, 6) is -1.19. The number of ether oxygens (including phenoxy) is 3. The van der Waals surface area contributed by atoms with Crippen LogP contribution >= 0.6 is 0 Å². The number of benzene rings is 2. The van der Waals surface area contributed by atoms with Crippen LogP contribution < -0.4 is 19.1 Å². The van der Waals surface area contributed by atoms with Crippen LogP contribution in [0, 0.1) is 0 Å². The number of morpholine rings is 1. The van der Waals surface area contributed by atoms with Gasteiger partial charge >= 0.3 is 5.97 Å². The highest BCUT2D eigenvalue weighted by atomic mass is 32.2. The number of hydrogen-bond donors (Lipinski definition) is 3. The Labute approximate surface area is 186 Å². The first-order valence-electron chi connectivity index (χ1n) is 10.1. The molecule has 0 unspecified atom stereocenters. The molecule has 10 nitrogen and oxygen atoms in total. The number of carbonyl (C=O) groups is 1. The summed E-state index contributed by atoms with van der Waals surface area (Å²) in [6.45, 7) is 6.72. The number of aromatic hydroxyl groups is 1. The molecule has 1 aliphatic heterocycles. The van der Waals surface area contributed by atoms with Gasteiger partial charge < -0.3 is 29.3 Å². The molecule has 2 aromatic rings. The Bertz CT molecular complexity index is 1080. The van der Waals surface area contributed by atoms with E-state index in [2.05, 4.69) is 9.62 Å². The molecule has 0 bridgehead atoms. The molecule has 0 aliphatic carbocycles. The third-order valence-corrected chi connectivity index (χ3v) is 6.13.